The van der Waals surface area contributed by atoms with Gasteiger partial charge in [0.2, 0.25) is 0 Å². The minimum absolute atomic E-state index is 0.0569. The van der Waals surface area contributed by atoms with Crippen LogP contribution in [0.15, 0.2) is 18.2 Å². The lowest BCUT2D eigenvalue weighted by Crippen LogP contribution is -2.39. The first-order chi connectivity index (χ1) is 11.9. The average molecular weight is 367 g/mol. The Labute approximate surface area is 159 Å². The van der Waals surface area contributed by atoms with Gasteiger partial charge in [0.15, 0.2) is 0 Å². The fraction of sp³-hybridized carbons (Fsp3) is 0.727. The molecule has 1 aliphatic carbocycles. The highest BCUT2D eigenvalue weighted by Crippen LogP contribution is 2.38. The van der Waals surface area contributed by atoms with Crippen LogP contribution in [0.1, 0.15) is 66.4 Å². The van der Waals surface area contributed by atoms with Gasteiger partial charge in [-0.3, -0.25) is 0 Å². The molecule has 0 radical (unpaired) electrons. The summed E-state index contributed by atoms with van der Waals surface area (Å²) in [6, 6.07) is 5.29. The van der Waals surface area contributed by atoms with Crippen molar-refractivity contribution in [1.29, 1.82) is 0 Å². The zero-order chi connectivity index (χ0) is 20.1. The molecule has 1 saturated carbocycles. The highest BCUT2D eigenvalue weighted by atomic mass is 16.5. The molecule has 0 amide bonds. The van der Waals surface area contributed by atoms with Gasteiger partial charge in [-0.15, -0.1) is 0 Å². The summed E-state index contributed by atoms with van der Waals surface area (Å²) in [7, 11) is 3.39. The topological polar surface area (TPSA) is 58.9 Å². The molecule has 150 valence electrons. The van der Waals surface area contributed by atoms with Crippen molar-refractivity contribution in [3.63, 3.8) is 0 Å². The van der Waals surface area contributed by atoms with E-state index in [1.165, 1.54) is 0 Å². The molecule has 2 rings (SSSR count). The zero-order valence-corrected chi connectivity index (χ0v) is 17.8. The molecule has 1 aromatic rings. The molecule has 1 aliphatic rings. The van der Waals surface area contributed by atoms with Crippen molar-refractivity contribution in [2.24, 2.45) is 11.3 Å². The monoisotopic (exact) mass is 366 g/mol. The van der Waals surface area contributed by atoms with Gasteiger partial charge in [0, 0.05) is 12.7 Å². The van der Waals surface area contributed by atoms with Crippen LogP contribution in [0.25, 0.3) is 0 Å². The summed E-state index contributed by atoms with van der Waals surface area (Å²) in [5.41, 5.74) is 1.04. The predicted octanol–water partition coefficient (Wildman–Crippen LogP) is 4.91. The quantitative estimate of drug-likeness (QED) is 0.781. The Balaban J connectivity index is 0.000000260. The van der Waals surface area contributed by atoms with Crippen molar-refractivity contribution in [2.45, 2.75) is 78.4 Å². The molecule has 0 aliphatic heterocycles. The maximum absolute atomic E-state index is 9.86. The number of phenolic OH excluding ortho intramolecular Hbond substituents is 1. The lowest BCUT2D eigenvalue weighted by atomic mass is 9.70. The molecule has 0 bridgehead atoms. The Kier molecular flexibility index (Phi) is 7.97. The van der Waals surface area contributed by atoms with Gasteiger partial charge in [0.1, 0.15) is 11.5 Å². The third-order valence-electron chi connectivity index (χ3n) is 5.22. The Hall–Kier alpha value is -1.26. The number of rotatable bonds is 2. The van der Waals surface area contributed by atoms with Gasteiger partial charge in [-0.1, -0.05) is 41.5 Å². The first-order valence-corrected chi connectivity index (χ1v) is 9.48. The fourth-order valence-corrected chi connectivity index (χ4v) is 3.50. The lowest BCUT2D eigenvalue weighted by molar-refractivity contribution is -0.0503. The van der Waals surface area contributed by atoms with E-state index in [2.05, 4.69) is 41.5 Å². The number of phenols is 1. The Morgan fingerprint density at radius 1 is 1.00 bits per heavy atom. The highest BCUT2D eigenvalue weighted by Gasteiger charge is 2.36. The summed E-state index contributed by atoms with van der Waals surface area (Å²) in [4.78, 5) is 0. The summed E-state index contributed by atoms with van der Waals surface area (Å²) in [5.74, 6) is 1.49. The van der Waals surface area contributed by atoms with E-state index < -0.39 is 0 Å². The largest absolute Gasteiger partial charge is 0.508 e. The van der Waals surface area contributed by atoms with Crippen molar-refractivity contribution < 1.29 is 19.7 Å². The van der Waals surface area contributed by atoms with Gasteiger partial charge >= 0.3 is 0 Å². The van der Waals surface area contributed by atoms with Gasteiger partial charge in [-0.25, -0.2) is 0 Å². The maximum atomic E-state index is 9.86. The molecule has 3 atom stereocenters. The van der Waals surface area contributed by atoms with Crippen LogP contribution in [0.2, 0.25) is 0 Å². The Morgan fingerprint density at radius 3 is 2.08 bits per heavy atom. The molecule has 26 heavy (non-hydrogen) atoms. The first-order valence-electron chi connectivity index (χ1n) is 9.48. The minimum Gasteiger partial charge on any atom is -0.508 e. The second-order valence-corrected chi connectivity index (χ2v) is 9.34. The van der Waals surface area contributed by atoms with Crippen LogP contribution in [0.5, 0.6) is 11.5 Å². The molecule has 4 nitrogen and oxygen atoms in total. The van der Waals surface area contributed by atoms with Crippen LogP contribution in [0, 0.1) is 11.3 Å². The van der Waals surface area contributed by atoms with Crippen molar-refractivity contribution in [1.82, 2.24) is 0 Å². The molecule has 0 aromatic heterocycles. The highest BCUT2D eigenvalue weighted by molar-refractivity contribution is 5.43. The molecular weight excluding hydrogens is 328 g/mol. The molecule has 1 aromatic carbocycles. The van der Waals surface area contributed by atoms with E-state index in [9.17, 15) is 10.2 Å². The Bertz CT molecular complexity index is 554. The number of benzene rings is 1. The van der Waals surface area contributed by atoms with Crippen molar-refractivity contribution >= 4 is 0 Å². The van der Waals surface area contributed by atoms with E-state index in [-0.39, 0.29) is 16.9 Å². The van der Waals surface area contributed by atoms with Gasteiger partial charge in [0.05, 0.1) is 19.3 Å². The van der Waals surface area contributed by atoms with Crippen molar-refractivity contribution in [2.75, 3.05) is 14.2 Å². The smallest absolute Gasteiger partial charge is 0.119 e. The molecule has 0 spiro atoms. The van der Waals surface area contributed by atoms with Crippen LogP contribution in [0.3, 0.4) is 0 Å². The number of methoxy groups -OCH3 is 2. The minimum atomic E-state index is -0.133. The Morgan fingerprint density at radius 2 is 1.62 bits per heavy atom. The average Bonchev–Trinajstić information content (AvgIpc) is 2.54. The zero-order valence-electron chi connectivity index (χ0n) is 17.8. The molecule has 0 heterocycles. The van der Waals surface area contributed by atoms with Gasteiger partial charge in [0.25, 0.3) is 0 Å². The summed E-state index contributed by atoms with van der Waals surface area (Å²) < 4.78 is 10.4. The van der Waals surface area contributed by atoms with Crippen LogP contribution in [0.4, 0.5) is 0 Å². The first kappa shape index (κ1) is 22.8. The maximum Gasteiger partial charge on any atom is 0.119 e. The number of aliphatic hydroxyl groups excluding tert-OH is 1. The fourth-order valence-electron chi connectivity index (χ4n) is 3.50. The molecule has 1 fully saturated rings. The normalized spacial score (nSPS) is 23.8. The van der Waals surface area contributed by atoms with Crippen molar-refractivity contribution in [3.05, 3.63) is 23.8 Å². The number of ether oxygens (including phenoxy) is 2. The number of hydrogen-bond donors (Lipinski definition) is 2. The number of aliphatic hydroxyl groups is 1. The number of hydrogen-bond acceptors (Lipinski definition) is 4. The molecular formula is C22H38O4. The summed E-state index contributed by atoms with van der Waals surface area (Å²) in [6.07, 6.45) is 3.12. The molecule has 2 N–H and O–H groups in total. The van der Waals surface area contributed by atoms with Crippen LogP contribution in [-0.2, 0) is 10.2 Å². The third kappa shape index (κ3) is 6.48. The lowest BCUT2D eigenvalue weighted by Gasteiger charge is -2.40. The molecule has 3 unspecified atom stereocenters. The van der Waals surface area contributed by atoms with Crippen LogP contribution < -0.4 is 4.74 Å². The molecule has 4 heteroatoms. The van der Waals surface area contributed by atoms with E-state index >= 15 is 0 Å². The van der Waals surface area contributed by atoms with E-state index in [1.54, 1.807) is 26.4 Å². The number of aromatic hydroxyl groups is 1. The van der Waals surface area contributed by atoms with Crippen molar-refractivity contribution in [3.8, 4) is 11.5 Å². The van der Waals surface area contributed by atoms with Gasteiger partial charge in [-0.05, 0) is 54.2 Å². The van der Waals surface area contributed by atoms with Crippen LogP contribution in [-0.4, -0.2) is 36.6 Å². The van der Waals surface area contributed by atoms with Gasteiger partial charge < -0.3 is 19.7 Å². The summed E-state index contributed by atoms with van der Waals surface area (Å²) >= 11 is 0. The van der Waals surface area contributed by atoms with E-state index in [0.29, 0.717) is 17.8 Å². The van der Waals surface area contributed by atoms with E-state index in [0.717, 1.165) is 30.6 Å². The van der Waals surface area contributed by atoms with E-state index in [4.69, 9.17) is 9.47 Å². The SMILES string of the molecule is COC1CCC(O)C(C(C)(C)C)C1.COc1ccc(O)c(C(C)(C)C)c1. The molecule has 0 saturated heterocycles. The second-order valence-electron chi connectivity index (χ2n) is 9.34. The predicted molar refractivity (Wildman–Crippen MR) is 107 cm³/mol. The standard InChI is InChI=1S/C11H22O2.C11H16O2/c2*1-11(2,3)9-7-8(13-4)5-6-10(9)12/h8-10,12H,5-7H2,1-4H3;5-7,12H,1-4H3. The third-order valence-corrected chi connectivity index (χ3v) is 5.22. The van der Waals surface area contributed by atoms with Gasteiger partial charge in [-0.2, -0.15) is 0 Å². The van der Waals surface area contributed by atoms with E-state index in [1.807, 2.05) is 6.07 Å². The summed E-state index contributed by atoms with van der Waals surface area (Å²) in [6.45, 7) is 12.8. The second kappa shape index (κ2) is 9.09. The summed E-state index contributed by atoms with van der Waals surface area (Å²) in [5, 5.41) is 19.5. The van der Waals surface area contributed by atoms with Crippen LogP contribution >= 0.6 is 0 Å².